The van der Waals surface area contributed by atoms with Crippen LogP contribution >= 0.6 is 15.9 Å². The molecule has 0 atom stereocenters. The molecule has 0 aliphatic carbocycles. The van der Waals surface area contributed by atoms with Crippen molar-refractivity contribution in [3.8, 4) is 0 Å². The summed E-state index contributed by atoms with van der Waals surface area (Å²) in [6.07, 6.45) is 5.62. The number of para-hydroxylation sites is 1. The van der Waals surface area contributed by atoms with Crippen LogP contribution in [0.3, 0.4) is 0 Å². The minimum atomic E-state index is 0.844. The first-order valence-electron chi connectivity index (χ1n) is 6.30. The molecule has 0 radical (unpaired) electrons. The Morgan fingerprint density at radius 2 is 2.11 bits per heavy atom. The van der Waals surface area contributed by atoms with Gasteiger partial charge in [0.25, 0.3) is 0 Å². The predicted molar refractivity (Wildman–Crippen MR) is 80.1 cm³/mol. The van der Waals surface area contributed by atoms with E-state index in [2.05, 4.69) is 56.3 Å². The molecule has 0 aliphatic heterocycles. The zero-order valence-electron chi connectivity index (χ0n) is 10.5. The monoisotopic (exact) mass is 318 g/mol. The Hall–Kier alpha value is -1.52. The van der Waals surface area contributed by atoms with Gasteiger partial charge in [0.15, 0.2) is 0 Å². The summed E-state index contributed by atoms with van der Waals surface area (Å²) >= 11 is 3.60. The third-order valence-corrected chi connectivity index (χ3v) is 3.81. The van der Waals surface area contributed by atoms with E-state index in [1.807, 2.05) is 6.07 Å². The van der Waals surface area contributed by atoms with Crippen molar-refractivity contribution in [1.29, 1.82) is 0 Å². The van der Waals surface area contributed by atoms with E-state index in [1.54, 1.807) is 12.5 Å². The number of hydrogen-bond acceptors (Lipinski definition) is 2. The van der Waals surface area contributed by atoms with Gasteiger partial charge in [-0.3, -0.25) is 0 Å². The number of benzene rings is 1. The number of aromatic nitrogens is 1. The predicted octanol–water partition coefficient (Wildman–Crippen LogP) is 3.79. The zero-order chi connectivity index (χ0) is 13.1. The van der Waals surface area contributed by atoms with Gasteiger partial charge in [-0.05, 0) is 28.1 Å². The van der Waals surface area contributed by atoms with Gasteiger partial charge in [0, 0.05) is 46.8 Å². The molecule has 0 aliphatic rings. The number of fused-ring (bicyclic) bond motifs is 1. The Kier molecular flexibility index (Phi) is 3.71. The van der Waals surface area contributed by atoms with Crippen LogP contribution in [0, 0.1) is 0 Å². The molecule has 0 spiro atoms. The number of hydrogen-bond donors (Lipinski definition) is 1. The Balaban J connectivity index is 1.62. The van der Waals surface area contributed by atoms with Crippen molar-refractivity contribution in [3.05, 3.63) is 59.1 Å². The van der Waals surface area contributed by atoms with Crippen LogP contribution in [0.5, 0.6) is 0 Å². The van der Waals surface area contributed by atoms with Crippen molar-refractivity contribution in [2.75, 3.05) is 6.54 Å². The summed E-state index contributed by atoms with van der Waals surface area (Å²) in [5.74, 6) is 0. The molecule has 1 N–H and O–H groups in total. The average Bonchev–Trinajstić information content (AvgIpc) is 3.04. The number of furan rings is 1. The summed E-state index contributed by atoms with van der Waals surface area (Å²) in [6.45, 7) is 2.72. The standard InChI is InChI=1S/C15H15BrN2O/c16-14-10-18(15-4-2-1-3-13(14)15)7-6-17-9-12-5-8-19-11-12/h1-5,8,10-11,17H,6-7,9H2. The second-order valence-electron chi connectivity index (χ2n) is 4.50. The van der Waals surface area contributed by atoms with Crippen LogP contribution in [-0.4, -0.2) is 11.1 Å². The van der Waals surface area contributed by atoms with Crippen LogP contribution in [0.1, 0.15) is 5.56 Å². The van der Waals surface area contributed by atoms with E-state index in [9.17, 15) is 0 Å². The molecule has 2 heterocycles. The minimum Gasteiger partial charge on any atom is -0.472 e. The number of halogens is 1. The molecule has 98 valence electrons. The van der Waals surface area contributed by atoms with Gasteiger partial charge in [-0.1, -0.05) is 18.2 Å². The first kappa shape index (κ1) is 12.5. The molecule has 0 fully saturated rings. The highest BCUT2D eigenvalue weighted by molar-refractivity contribution is 9.10. The minimum absolute atomic E-state index is 0.844. The number of rotatable bonds is 5. The van der Waals surface area contributed by atoms with Crippen molar-refractivity contribution >= 4 is 26.8 Å². The van der Waals surface area contributed by atoms with Crippen LogP contribution in [0.4, 0.5) is 0 Å². The lowest BCUT2D eigenvalue weighted by molar-refractivity contribution is 0.557. The van der Waals surface area contributed by atoms with Gasteiger partial charge in [-0.2, -0.15) is 0 Å². The quantitative estimate of drug-likeness (QED) is 0.725. The molecule has 0 bridgehead atoms. The van der Waals surface area contributed by atoms with Crippen molar-refractivity contribution < 1.29 is 4.42 Å². The Bertz CT molecular complexity index is 658. The van der Waals surface area contributed by atoms with E-state index in [4.69, 9.17) is 4.42 Å². The lowest BCUT2D eigenvalue weighted by Crippen LogP contribution is -2.18. The maximum Gasteiger partial charge on any atom is 0.0947 e. The van der Waals surface area contributed by atoms with Gasteiger partial charge >= 0.3 is 0 Å². The molecule has 2 aromatic heterocycles. The molecule has 4 heteroatoms. The SMILES string of the molecule is Brc1cn(CCNCc2ccoc2)c2ccccc12. The smallest absolute Gasteiger partial charge is 0.0947 e. The average molecular weight is 319 g/mol. The largest absolute Gasteiger partial charge is 0.472 e. The summed E-state index contributed by atoms with van der Waals surface area (Å²) < 4.78 is 8.46. The van der Waals surface area contributed by atoms with E-state index in [-0.39, 0.29) is 0 Å². The number of nitrogens with one attached hydrogen (secondary N) is 1. The molecular formula is C15H15BrN2O. The summed E-state index contributed by atoms with van der Waals surface area (Å²) in [5, 5.41) is 4.68. The molecule has 19 heavy (non-hydrogen) atoms. The van der Waals surface area contributed by atoms with E-state index in [0.29, 0.717) is 0 Å². The van der Waals surface area contributed by atoms with Crippen molar-refractivity contribution in [2.24, 2.45) is 0 Å². The van der Waals surface area contributed by atoms with Gasteiger partial charge in [0.1, 0.15) is 0 Å². The molecule has 1 aromatic carbocycles. The first-order valence-corrected chi connectivity index (χ1v) is 7.09. The molecule has 0 amide bonds. The van der Waals surface area contributed by atoms with Crippen molar-refractivity contribution in [1.82, 2.24) is 9.88 Å². The third-order valence-electron chi connectivity index (χ3n) is 3.18. The zero-order valence-corrected chi connectivity index (χ0v) is 12.1. The maximum absolute atomic E-state index is 5.04. The second kappa shape index (κ2) is 5.63. The fourth-order valence-electron chi connectivity index (χ4n) is 2.21. The van der Waals surface area contributed by atoms with Crippen LogP contribution in [0.25, 0.3) is 10.9 Å². The van der Waals surface area contributed by atoms with E-state index in [1.165, 1.54) is 16.5 Å². The third kappa shape index (κ3) is 2.74. The van der Waals surface area contributed by atoms with Crippen LogP contribution in [-0.2, 0) is 13.1 Å². The van der Waals surface area contributed by atoms with E-state index < -0.39 is 0 Å². The van der Waals surface area contributed by atoms with Gasteiger partial charge in [0.05, 0.1) is 12.5 Å². The van der Waals surface area contributed by atoms with Crippen LogP contribution in [0.2, 0.25) is 0 Å². The Morgan fingerprint density at radius 1 is 1.21 bits per heavy atom. The normalized spacial score (nSPS) is 11.2. The lowest BCUT2D eigenvalue weighted by Gasteiger charge is -2.06. The highest BCUT2D eigenvalue weighted by Gasteiger charge is 2.04. The van der Waals surface area contributed by atoms with Crippen LogP contribution < -0.4 is 5.32 Å². The van der Waals surface area contributed by atoms with Crippen molar-refractivity contribution in [2.45, 2.75) is 13.1 Å². The molecule has 0 unspecified atom stereocenters. The fraction of sp³-hybridized carbons (Fsp3) is 0.200. The van der Waals surface area contributed by atoms with Gasteiger partial charge < -0.3 is 14.3 Å². The molecule has 3 rings (SSSR count). The highest BCUT2D eigenvalue weighted by Crippen LogP contribution is 2.25. The van der Waals surface area contributed by atoms with Crippen molar-refractivity contribution in [3.63, 3.8) is 0 Å². The fourth-order valence-corrected chi connectivity index (χ4v) is 2.79. The molecule has 0 saturated carbocycles. The highest BCUT2D eigenvalue weighted by atomic mass is 79.9. The molecule has 0 saturated heterocycles. The number of nitrogens with zero attached hydrogens (tertiary/aromatic N) is 1. The summed E-state index contributed by atoms with van der Waals surface area (Å²) in [6, 6.07) is 10.4. The van der Waals surface area contributed by atoms with E-state index in [0.717, 1.165) is 24.1 Å². The van der Waals surface area contributed by atoms with Gasteiger partial charge in [-0.25, -0.2) is 0 Å². The Labute approximate surface area is 120 Å². The first-order chi connectivity index (χ1) is 9.34. The maximum atomic E-state index is 5.04. The molecule has 3 aromatic rings. The Morgan fingerprint density at radius 3 is 2.95 bits per heavy atom. The summed E-state index contributed by atoms with van der Waals surface area (Å²) in [5.41, 5.74) is 2.44. The molecular weight excluding hydrogens is 304 g/mol. The van der Waals surface area contributed by atoms with E-state index >= 15 is 0 Å². The molecule has 3 nitrogen and oxygen atoms in total. The van der Waals surface area contributed by atoms with Gasteiger partial charge in [-0.15, -0.1) is 0 Å². The second-order valence-corrected chi connectivity index (χ2v) is 5.35. The topological polar surface area (TPSA) is 30.1 Å². The van der Waals surface area contributed by atoms with Crippen LogP contribution in [0.15, 0.2) is 57.9 Å². The lowest BCUT2D eigenvalue weighted by atomic mass is 10.2. The summed E-state index contributed by atoms with van der Waals surface area (Å²) in [4.78, 5) is 0. The van der Waals surface area contributed by atoms with Gasteiger partial charge in [0.2, 0.25) is 0 Å². The summed E-state index contributed by atoms with van der Waals surface area (Å²) in [7, 11) is 0.